The first kappa shape index (κ1) is 12.8. The molecule has 2 aromatic rings. The Morgan fingerprint density at radius 1 is 1.28 bits per heavy atom. The van der Waals surface area contributed by atoms with E-state index >= 15 is 0 Å². The maximum absolute atomic E-state index is 5.68. The largest absolute Gasteiger partial charge is 0.491 e. The predicted molar refractivity (Wildman–Crippen MR) is 75.4 cm³/mol. The lowest BCUT2D eigenvalue weighted by Crippen LogP contribution is -2.05. The summed E-state index contributed by atoms with van der Waals surface area (Å²) in [4.78, 5) is 7.37. The Bertz CT molecular complexity index is 605. The van der Waals surface area contributed by atoms with Crippen LogP contribution in [0.4, 0.5) is 0 Å². The topological polar surface area (TPSA) is 37.9 Å². The molecule has 0 fully saturated rings. The van der Waals surface area contributed by atoms with Gasteiger partial charge in [0.25, 0.3) is 0 Å². The standard InChI is InChI=1S/C14H16N2OS/c1-9(2)17-12-6-4-5-11(7-12)13-8-14(18)16-10(3)15-13/h4-9H,1-3H3,(H,15,16,18). The van der Waals surface area contributed by atoms with E-state index in [2.05, 4.69) is 9.97 Å². The number of rotatable bonds is 3. The summed E-state index contributed by atoms with van der Waals surface area (Å²) in [5.74, 6) is 1.67. The highest BCUT2D eigenvalue weighted by Gasteiger charge is 2.03. The Balaban J connectivity index is 2.41. The van der Waals surface area contributed by atoms with Crippen LogP contribution in [-0.2, 0) is 0 Å². The van der Waals surface area contributed by atoms with Gasteiger partial charge in [0.15, 0.2) is 0 Å². The van der Waals surface area contributed by atoms with Crippen molar-refractivity contribution in [2.75, 3.05) is 0 Å². The molecule has 1 aromatic heterocycles. The third-order valence-corrected chi connectivity index (χ3v) is 2.59. The maximum Gasteiger partial charge on any atom is 0.130 e. The van der Waals surface area contributed by atoms with Gasteiger partial charge >= 0.3 is 0 Å². The summed E-state index contributed by atoms with van der Waals surface area (Å²) in [7, 11) is 0. The van der Waals surface area contributed by atoms with Crippen LogP contribution < -0.4 is 4.74 Å². The second-order valence-electron chi connectivity index (χ2n) is 4.41. The molecule has 0 radical (unpaired) electrons. The summed E-state index contributed by atoms with van der Waals surface area (Å²) in [6.45, 7) is 5.92. The molecule has 0 aliphatic carbocycles. The van der Waals surface area contributed by atoms with Crippen LogP contribution in [0.3, 0.4) is 0 Å². The molecule has 18 heavy (non-hydrogen) atoms. The van der Waals surface area contributed by atoms with Crippen LogP contribution in [0.1, 0.15) is 19.7 Å². The minimum absolute atomic E-state index is 0.165. The average molecular weight is 260 g/mol. The Morgan fingerprint density at radius 3 is 2.72 bits per heavy atom. The van der Waals surface area contributed by atoms with Gasteiger partial charge in [-0.2, -0.15) is 0 Å². The number of H-pyrrole nitrogens is 1. The molecule has 0 aliphatic rings. The molecule has 0 amide bonds. The smallest absolute Gasteiger partial charge is 0.130 e. The van der Waals surface area contributed by atoms with E-state index in [0.717, 1.165) is 22.8 Å². The van der Waals surface area contributed by atoms with Gasteiger partial charge in [-0.05, 0) is 39.0 Å². The molecule has 2 rings (SSSR count). The normalized spacial score (nSPS) is 10.7. The average Bonchev–Trinajstić information content (AvgIpc) is 2.27. The molecule has 0 saturated carbocycles. The van der Waals surface area contributed by atoms with E-state index < -0.39 is 0 Å². The zero-order valence-electron chi connectivity index (χ0n) is 10.7. The number of hydrogen-bond donors (Lipinski definition) is 1. The number of benzene rings is 1. The van der Waals surface area contributed by atoms with Crippen molar-refractivity contribution >= 4 is 12.2 Å². The third-order valence-electron chi connectivity index (χ3n) is 2.38. The molecule has 1 heterocycles. The fourth-order valence-corrected chi connectivity index (χ4v) is 2.00. The molecule has 1 aromatic carbocycles. The number of aromatic nitrogens is 2. The number of hydrogen-bond acceptors (Lipinski definition) is 3. The highest BCUT2D eigenvalue weighted by Crippen LogP contribution is 2.23. The molecule has 0 spiro atoms. The highest BCUT2D eigenvalue weighted by atomic mass is 32.1. The van der Waals surface area contributed by atoms with Gasteiger partial charge in [0.2, 0.25) is 0 Å². The van der Waals surface area contributed by atoms with Gasteiger partial charge in [0, 0.05) is 11.3 Å². The summed E-state index contributed by atoms with van der Waals surface area (Å²) in [5.41, 5.74) is 2.01. The Morgan fingerprint density at radius 2 is 2.06 bits per heavy atom. The van der Waals surface area contributed by atoms with Crippen molar-refractivity contribution in [1.82, 2.24) is 9.97 Å². The van der Waals surface area contributed by atoms with E-state index in [1.54, 1.807) is 0 Å². The van der Waals surface area contributed by atoms with Crippen LogP contribution in [0, 0.1) is 11.6 Å². The number of ether oxygens (including phenoxy) is 1. The van der Waals surface area contributed by atoms with Crippen LogP contribution in [0.25, 0.3) is 11.3 Å². The van der Waals surface area contributed by atoms with Crippen LogP contribution >= 0.6 is 12.2 Å². The third kappa shape index (κ3) is 3.17. The lowest BCUT2D eigenvalue weighted by atomic mass is 10.1. The molecule has 1 N–H and O–H groups in total. The first-order chi connectivity index (χ1) is 8.54. The minimum atomic E-state index is 0.165. The summed E-state index contributed by atoms with van der Waals surface area (Å²) >= 11 is 5.13. The molecule has 0 unspecified atom stereocenters. The number of aromatic amines is 1. The molecule has 94 valence electrons. The van der Waals surface area contributed by atoms with E-state index in [0.29, 0.717) is 4.64 Å². The monoisotopic (exact) mass is 260 g/mol. The Hall–Kier alpha value is -1.68. The first-order valence-electron chi connectivity index (χ1n) is 5.89. The van der Waals surface area contributed by atoms with E-state index in [4.69, 9.17) is 17.0 Å². The Kier molecular flexibility index (Phi) is 3.77. The Labute approximate surface area is 112 Å². The quantitative estimate of drug-likeness (QED) is 0.850. The second-order valence-corrected chi connectivity index (χ2v) is 4.83. The molecule has 0 saturated heterocycles. The fraction of sp³-hybridized carbons (Fsp3) is 0.286. The first-order valence-corrected chi connectivity index (χ1v) is 6.30. The number of nitrogens with one attached hydrogen (secondary N) is 1. The fourth-order valence-electron chi connectivity index (χ4n) is 1.74. The van der Waals surface area contributed by atoms with Crippen molar-refractivity contribution in [3.8, 4) is 17.0 Å². The van der Waals surface area contributed by atoms with Gasteiger partial charge in [-0.3, -0.25) is 0 Å². The summed E-state index contributed by atoms with van der Waals surface area (Å²) in [6, 6.07) is 9.80. The zero-order chi connectivity index (χ0) is 13.1. The second kappa shape index (κ2) is 5.31. The van der Waals surface area contributed by atoms with Gasteiger partial charge in [-0.1, -0.05) is 24.4 Å². The summed E-state index contributed by atoms with van der Waals surface area (Å²) < 4.78 is 6.28. The van der Waals surface area contributed by atoms with Crippen molar-refractivity contribution in [1.29, 1.82) is 0 Å². The molecular formula is C14H16N2OS. The van der Waals surface area contributed by atoms with Crippen LogP contribution in [-0.4, -0.2) is 16.1 Å². The molecule has 0 aliphatic heterocycles. The highest BCUT2D eigenvalue weighted by molar-refractivity contribution is 7.71. The predicted octanol–water partition coefficient (Wildman–Crippen LogP) is 3.90. The van der Waals surface area contributed by atoms with Crippen molar-refractivity contribution < 1.29 is 4.74 Å². The lowest BCUT2D eigenvalue weighted by Gasteiger charge is -2.11. The van der Waals surface area contributed by atoms with Crippen LogP contribution in [0.2, 0.25) is 0 Å². The van der Waals surface area contributed by atoms with Gasteiger partial charge in [-0.25, -0.2) is 4.98 Å². The van der Waals surface area contributed by atoms with Crippen LogP contribution in [0.5, 0.6) is 5.75 Å². The van der Waals surface area contributed by atoms with Gasteiger partial charge in [-0.15, -0.1) is 0 Å². The molecule has 3 nitrogen and oxygen atoms in total. The number of aryl methyl sites for hydroxylation is 1. The van der Waals surface area contributed by atoms with E-state index in [1.807, 2.05) is 51.1 Å². The van der Waals surface area contributed by atoms with Gasteiger partial charge in [0.1, 0.15) is 16.2 Å². The molecule has 0 atom stereocenters. The van der Waals surface area contributed by atoms with E-state index in [9.17, 15) is 0 Å². The van der Waals surface area contributed by atoms with Crippen LogP contribution in [0.15, 0.2) is 30.3 Å². The zero-order valence-corrected chi connectivity index (χ0v) is 11.5. The molecule has 4 heteroatoms. The molecule has 0 bridgehead atoms. The van der Waals surface area contributed by atoms with Gasteiger partial charge in [0.05, 0.1) is 6.10 Å². The summed E-state index contributed by atoms with van der Waals surface area (Å²) in [5, 5.41) is 0. The van der Waals surface area contributed by atoms with E-state index in [1.165, 1.54) is 0 Å². The minimum Gasteiger partial charge on any atom is -0.491 e. The molecular weight excluding hydrogens is 244 g/mol. The number of nitrogens with zero attached hydrogens (tertiary/aromatic N) is 1. The summed E-state index contributed by atoms with van der Waals surface area (Å²) in [6.07, 6.45) is 0.165. The maximum atomic E-state index is 5.68. The van der Waals surface area contributed by atoms with E-state index in [-0.39, 0.29) is 6.10 Å². The lowest BCUT2D eigenvalue weighted by molar-refractivity contribution is 0.242. The SMILES string of the molecule is Cc1nc(=S)cc(-c2cccc(OC(C)C)c2)[nH]1. The van der Waals surface area contributed by atoms with Crippen molar-refractivity contribution in [3.63, 3.8) is 0 Å². The van der Waals surface area contributed by atoms with Crippen molar-refractivity contribution in [2.24, 2.45) is 0 Å². The van der Waals surface area contributed by atoms with Crippen molar-refractivity contribution in [2.45, 2.75) is 26.9 Å². The van der Waals surface area contributed by atoms with Crippen molar-refractivity contribution in [3.05, 3.63) is 40.8 Å². The van der Waals surface area contributed by atoms with Gasteiger partial charge < -0.3 is 9.72 Å².